The quantitative estimate of drug-likeness (QED) is 0.101. The number of Topliss-reactive ketones (excluding diaryl/α,β-unsaturated/α-hetero) is 1. The molecule has 19 nitrogen and oxygen atoms in total. The fourth-order valence-electron chi connectivity index (χ4n) is 11.5. The minimum atomic E-state index is -2.62. The molecule has 2 heterocycles. The van der Waals surface area contributed by atoms with Crippen LogP contribution < -0.4 is 0 Å². The number of fused-ring (bicyclic) bond motifs is 5. The van der Waals surface area contributed by atoms with Gasteiger partial charge in [-0.15, -0.1) is 0 Å². The number of ether oxygens (including phenoxy) is 10. The van der Waals surface area contributed by atoms with Crippen molar-refractivity contribution in [2.45, 2.75) is 155 Å². The first kappa shape index (κ1) is 60.3. The number of amides is 1. The van der Waals surface area contributed by atoms with Gasteiger partial charge in [0, 0.05) is 25.2 Å². The number of esters is 3. The molecule has 11 atom stereocenters. The fraction of sp³-hybridized carbons (Fsp3) is 0.596. The highest BCUT2D eigenvalue weighted by Crippen LogP contribution is 2.65. The number of rotatable bonds is 10. The van der Waals surface area contributed by atoms with Gasteiger partial charge in [-0.1, -0.05) is 132 Å². The second-order valence-corrected chi connectivity index (χ2v) is 26.8. The normalized spacial score (nSPS) is 31.4. The summed E-state index contributed by atoms with van der Waals surface area (Å²) in [6.07, 6.45) is -15.4. The topological polar surface area (TPSA) is 235 Å². The minimum Gasteiger partial charge on any atom is -0.456 e. The van der Waals surface area contributed by atoms with E-state index in [9.17, 15) is 29.1 Å². The molecule has 422 valence electrons. The van der Waals surface area contributed by atoms with Crippen molar-refractivity contribution in [2.75, 3.05) is 19.8 Å². The zero-order valence-corrected chi connectivity index (χ0v) is 48.1. The molecular weight excluding hydrogens is 1140 g/mol. The summed E-state index contributed by atoms with van der Waals surface area (Å²) in [5.41, 5.74) is -11.2. The summed E-state index contributed by atoms with van der Waals surface area (Å²) in [6, 6.07) is 14.9. The van der Waals surface area contributed by atoms with Crippen LogP contribution in [0.3, 0.4) is 0 Å². The van der Waals surface area contributed by atoms with Crippen molar-refractivity contribution >= 4 is 112 Å². The molecular formula is C52H59Cl6NO18. The van der Waals surface area contributed by atoms with E-state index in [1.54, 1.807) is 83.1 Å². The molecule has 0 aromatic heterocycles. The molecule has 4 fully saturated rings. The van der Waals surface area contributed by atoms with Gasteiger partial charge in [0.05, 0.1) is 23.5 Å². The molecule has 2 aromatic rings. The van der Waals surface area contributed by atoms with Crippen LogP contribution in [0.2, 0.25) is 0 Å². The van der Waals surface area contributed by atoms with Crippen molar-refractivity contribution < 1.29 is 86.0 Å². The van der Waals surface area contributed by atoms with Crippen molar-refractivity contribution in [1.82, 2.24) is 4.90 Å². The first-order valence-electron chi connectivity index (χ1n) is 24.3. The third-order valence-electron chi connectivity index (χ3n) is 14.8. The Balaban J connectivity index is 1.47. The maximum absolute atomic E-state index is 16.4. The molecule has 7 rings (SSSR count). The van der Waals surface area contributed by atoms with Crippen LogP contribution in [0.5, 0.6) is 0 Å². The van der Waals surface area contributed by atoms with Gasteiger partial charge in [0.1, 0.15) is 60.6 Å². The van der Waals surface area contributed by atoms with Gasteiger partial charge in [-0.3, -0.25) is 14.5 Å². The molecule has 25 heteroatoms. The molecule has 0 radical (unpaired) electrons. The molecule has 2 aromatic carbocycles. The van der Waals surface area contributed by atoms with Gasteiger partial charge in [-0.25, -0.2) is 24.0 Å². The lowest BCUT2D eigenvalue weighted by atomic mass is 9.44. The van der Waals surface area contributed by atoms with Crippen LogP contribution in [0, 0.1) is 16.7 Å². The molecule has 2 aliphatic heterocycles. The van der Waals surface area contributed by atoms with Gasteiger partial charge < -0.3 is 52.5 Å². The van der Waals surface area contributed by atoms with E-state index in [0.717, 1.165) is 6.92 Å². The number of nitrogens with zero attached hydrogens (tertiary/aromatic N) is 1. The number of halogens is 6. The van der Waals surface area contributed by atoms with Crippen molar-refractivity contribution in [2.24, 2.45) is 16.7 Å². The third-order valence-corrected chi connectivity index (χ3v) is 15.5. The number of carbonyl (C=O) groups excluding carboxylic acids is 7. The number of hydrogen-bond donors (Lipinski definition) is 1. The second-order valence-electron chi connectivity index (χ2n) is 21.8. The molecule has 0 spiro atoms. The van der Waals surface area contributed by atoms with Crippen LogP contribution in [0.25, 0.3) is 0 Å². The Labute approximate surface area is 474 Å². The third kappa shape index (κ3) is 12.0. The molecule has 5 aliphatic rings. The Hall–Kier alpha value is -4.31. The maximum Gasteiger partial charge on any atom is 0.509 e. The summed E-state index contributed by atoms with van der Waals surface area (Å²) in [6.45, 7) is 12.7. The van der Waals surface area contributed by atoms with E-state index in [4.69, 9.17) is 117 Å². The van der Waals surface area contributed by atoms with Crippen LogP contribution in [0.15, 0.2) is 71.8 Å². The Morgan fingerprint density at radius 1 is 0.792 bits per heavy atom. The van der Waals surface area contributed by atoms with E-state index < -0.39 is 164 Å². The Kier molecular flexibility index (Phi) is 16.9. The number of benzene rings is 2. The van der Waals surface area contributed by atoms with Crippen LogP contribution in [0.1, 0.15) is 104 Å². The number of carbonyl (C=O) groups is 7. The zero-order chi connectivity index (χ0) is 57.2. The first-order chi connectivity index (χ1) is 35.5. The number of aliphatic hydroxyl groups is 1. The van der Waals surface area contributed by atoms with E-state index in [1.807, 2.05) is 0 Å². The summed E-state index contributed by atoms with van der Waals surface area (Å²) in [5.74, 6) is -5.96. The number of alkyl halides is 6. The van der Waals surface area contributed by atoms with Crippen molar-refractivity contribution in [3.8, 4) is 0 Å². The van der Waals surface area contributed by atoms with Gasteiger partial charge in [0.2, 0.25) is 7.59 Å². The molecule has 1 N–H and O–H groups in total. The summed E-state index contributed by atoms with van der Waals surface area (Å²) in [4.78, 5) is 103. The van der Waals surface area contributed by atoms with Gasteiger partial charge >= 0.3 is 36.3 Å². The van der Waals surface area contributed by atoms with E-state index >= 15 is 9.59 Å². The van der Waals surface area contributed by atoms with Crippen LogP contribution >= 0.6 is 69.6 Å². The van der Waals surface area contributed by atoms with E-state index in [0.29, 0.717) is 5.56 Å². The van der Waals surface area contributed by atoms with Crippen LogP contribution in [-0.2, 0) is 61.8 Å². The monoisotopic (exact) mass is 1200 g/mol. The fourth-order valence-corrected chi connectivity index (χ4v) is 11.8. The number of ketones is 1. The van der Waals surface area contributed by atoms with Gasteiger partial charge in [-0.05, 0) is 77.3 Å². The second kappa shape index (κ2) is 21.6. The number of hydrogen-bond acceptors (Lipinski definition) is 18. The van der Waals surface area contributed by atoms with Crippen molar-refractivity contribution in [3.63, 3.8) is 0 Å². The predicted molar refractivity (Wildman–Crippen MR) is 276 cm³/mol. The molecule has 3 aliphatic carbocycles. The predicted octanol–water partition coefficient (Wildman–Crippen LogP) is 9.81. The van der Waals surface area contributed by atoms with Crippen molar-refractivity contribution in [1.29, 1.82) is 0 Å². The van der Waals surface area contributed by atoms with Gasteiger partial charge in [0.25, 0.3) is 0 Å². The summed E-state index contributed by atoms with van der Waals surface area (Å²) in [5, 5.41) is 14.2. The van der Waals surface area contributed by atoms with E-state index in [-0.39, 0.29) is 16.7 Å². The minimum absolute atomic E-state index is 0.0306. The first-order valence-corrected chi connectivity index (χ1v) is 26.5. The highest BCUT2D eigenvalue weighted by Gasteiger charge is 2.79. The summed E-state index contributed by atoms with van der Waals surface area (Å²) < 4.78 is 55.5. The average molecular weight is 1200 g/mol. The Bertz CT molecular complexity index is 2670. The van der Waals surface area contributed by atoms with Gasteiger partial charge in [-0.2, -0.15) is 0 Å². The lowest BCUT2D eigenvalue weighted by molar-refractivity contribution is -0.346. The molecule has 2 saturated heterocycles. The SMILES string of the molecule is CC(=O)O[C@@]12CO[C@@H]1C[C@H](OC(=O)OCC(Cl)(Cl)Cl)[C@@]1(C)C(=O)[C@H](OC(=O)OCC(Cl)(Cl)Cl)C3=C(C)[C@@H](OC(=O)C4OC(C)(C)N(C(=O)OC(C)(C)C)[C@H]4c4ccccc4)C[C@@](O)([C@@H](OC(=O)c4ccccc4)[C@H]21)C3(C)C. The lowest BCUT2D eigenvalue weighted by Gasteiger charge is -2.67. The average Bonchev–Trinajstić information content (AvgIpc) is 3.61. The van der Waals surface area contributed by atoms with E-state index in [1.165, 1.54) is 44.7 Å². The molecule has 2 saturated carbocycles. The lowest BCUT2D eigenvalue weighted by Crippen LogP contribution is -2.82. The summed E-state index contributed by atoms with van der Waals surface area (Å²) >= 11 is 35.6. The highest BCUT2D eigenvalue weighted by atomic mass is 35.6. The standard InChI is InChI=1S/C52H59Cl6NO18/c1-26-30(71-41(63)36-34(28-17-13-11-14-18-28)59(47(8,9)76-36)42(64)77-45(3,4)5)22-50(67)39(74-40(62)29-19-15-12-16-20-29)37-48(10,38(61)35(33(26)46(50,6)7)73-44(66)70-25-52(56,57)58)31(72-43(65)69-24-51(53,54)55)21-32-49(37,23-68-32)75-27(2)60/h11-20,30-32,34-37,39,67H,21-25H2,1-10H3/t30-,31-,32+,34-,35+,36?,37-,39-,48+,49-,50+/m0/s1. The molecule has 1 unspecified atom stereocenters. The molecule has 2 bridgehead atoms. The molecule has 1 amide bonds. The van der Waals surface area contributed by atoms with Crippen LogP contribution in [-0.4, -0.2) is 139 Å². The smallest absolute Gasteiger partial charge is 0.456 e. The Morgan fingerprint density at radius 3 is 1.87 bits per heavy atom. The maximum atomic E-state index is 16.4. The summed E-state index contributed by atoms with van der Waals surface area (Å²) in [7, 11) is 0. The Morgan fingerprint density at radius 2 is 1.35 bits per heavy atom. The largest absolute Gasteiger partial charge is 0.509 e. The van der Waals surface area contributed by atoms with Crippen molar-refractivity contribution in [3.05, 3.63) is 82.9 Å². The zero-order valence-electron chi connectivity index (χ0n) is 43.5. The molecule has 77 heavy (non-hydrogen) atoms. The van der Waals surface area contributed by atoms with Crippen LogP contribution in [0.4, 0.5) is 14.4 Å². The van der Waals surface area contributed by atoms with Gasteiger partial charge in [0.15, 0.2) is 23.6 Å². The van der Waals surface area contributed by atoms with E-state index in [2.05, 4.69) is 0 Å². The highest BCUT2D eigenvalue weighted by molar-refractivity contribution is 6.68.